The molecule has 6 nitrogen and oxygen atoms in total. The highest BCUT2D eigenvalue weighted by Gasteiger charge is 2.28. The number of phenolic OH excluding ortho intramolecular Hbond substituents is 1. The van der Waals surface area contributed by atoms with E-state index < -0.39 is 6.10 Å². The van der Waals surface area contributed by atoms with Gasteiger partial charge in [0.2, 0.25) is 5.91 Å². The molecule has 1 heterocycles. The molecular weight excluding hydrogens is 332 g/mol. The Morgan fingerprint density at radius 3 is 2.31 bits per heavy atom. The molecule has 2 N–H and O–H groups in total. The van der Waals surface area contributed by atoms with Gasteiger partial charge in [0.25, 0.3) is 5.91 Å². The number of ether oxygens (including phenoxy) is 1. The van der Waals surface area contributed by atoms with Crippen LogP contribution in [-0.2, 0) is 9.59 Å². The monoisotopic (exact) mass is 362 g/mol. The second kappa shape index (κ2) is 9.46. The molecule has 1 fully saturated rings. The highest BCUT2D eigenvalue weighted by atomic mass is 16.5. The number of piperidine rings is 1. The molecular formula is C20H30N2O4. The molecule has 0 saturated carbocycles. The number of carbonyl (C=O) groups excluding carboxylic acids is 2. The van der Waals surface area contributed by atoms with Gasteiger partial charge in [-0.05, 0) is 56.9 Å². The molecule has 1 aromatic carbocycles. The van der Waals surface area contributed by atoms with Gasteiger partial charge >= 0.3 is 0 Å². The molecule has 0 aromatic heterocycles. The minimum absolute atomic E-state index is 0.0686. The number of aromatic hydroxyl groups is 1. The Balaban J connectivity index is 1.78. The number of amides is 2. The quantitative estimate of drug-likeness (QED) is 0.782. The van der Waals surface area contributed by atoms with Crippen molar-refractivity contribution < 1.29 is 19.4 Å². The van der Waals surface area contributed by atoms with Gasteiger partial charge in [-0.25, -0.2) is 0 Å². The Hall–Kier alpha value is -2.24. The van der Waals surface area contributed by atoms with Crippen LogP contribution in [0.4, 0.5) is 0 Å². The Morgan fingerprint density at radius 1 is 1.19 bits per heavy atom. The Morgan fingerprint density at radius 2 is 1.77 bits per heavy atom. The number of hydrogen-bond donors (Lipinski definition) is 2. The molecule has 1 aliphatic heterocycles. The van der Waals surface area contributed by atoms with Crippen LogP contribution in [0.25, 0.3) is 0 Å². The maximum absolute atomic E-state index is 12.4. The first-order valence-corrected chi connectivity index (χ1v) is 9.49. The largest absolute Gasteiger partial charge is 0.508 e. The molecule has 2 amide bonds. The summed E-state index contributed by atoms with van der Waals surface area (Å²) in [6.45, 7) is 7.18. The van der Waals surface area contributed by atoms with E-state index in [2.05, 4.69) is 19.2 Å². The highest BCUT2D eigenvalue weighted by Crippen LogP contribution is 2.19. The zero-order valence-electron chi connectivity index (χ0n) is 15.9. The first kappa shape index (κ1) is 20.1. The van der Waals surface area contributed by atoms with Crippen LogP contribution in [0.15, 0.2) is 24.3 Å². The SMILES string of the molecule is CCC(CC)C(=O)N1CCC(NC(=O)C(C)Oc2ccc(O)cc2)CC1. The number of phenols is 1. The first-order valence-electron chi connectivity index (χ1n) is 9.49. The summed E-state index contributed by atoms with van der Waals surface area (Å²) in [6, 6.07) is 6.36. The summed E-state index contributed by atoms with van der Waals surface area (Å²) in [7, 11) is 0. The van der Waals surface area contributed by atoms with Crippen LogP contribution in [0.2, 0.25) is 0 Å². The van der Waals surface area contributed by atoms with E-state index in [1.165, 1.54) is 12.1 Å². The molecule has 1 atom stereocenters. The van der Waals surface area contributed by atoms with Crippen molar-refractivity contribution in [3.05, 3.63) is 24.3 Å². The molecule has 1 saturated heterocycles. The summed E-state index contributed by atoms with van der Waals surface area (Å²) in [5.41, 5.74) is 0. The maximum atomic E-state index is 12.4. The fourth-order valence-corrected chi connectivity index (χ4v) is 3.24. The lowest BCUT2D eigenvalue weighted by atomic mass is 9.98. The molecule has 1 unspecified atom stereocenters. The Labute approximate surface area is 155 Å². The van der Waals surface area contributed by atoms with Gasteiger partial charge in [-0.15, -0.1) is 0 Å². The molecule has 0 spiro atoms. The average Bonchev–Trinajstić information content (AvgIpc) is 2.65. The number of likely N-dealkylation sites (tertiary alicyclic amines) is 1. The molecule has 0 radical (unpaired) electrons. The fourth-order valence-electron chi connectivity index (χ4n) is 3.24. The van der Waals surface area contributed by atoms with Gasteiger partial charge in [-0.2, -0.15) is 0 Å². The molecule has 26 heavy (non-hydrogen) atoms. The normalized spacial score (nSPS) is 16.4. The molecule has 2 rings (SSSR count). The van der Waals surface area contributed by atoms with Crippen molar-refractivity contribution in [2.75, 3.05) is 13.1 Å². The number of nitrogens with zero attached hydrogens (tertiary/aromatic N) is 1. The zero-order chi connectivity index (χ0) is 19.1. The van der Waals surface area contributed by atoms with Crippen molar-refractivity contribution in [2.45, 2.75) is 58.6 Å². The third-order valence-electron chi connectivity index (χ3n) is 5.01. The van der Waals surface area contributed by atoms with Crippen molar-refractivity contribution in [1.82, 2.24) is 10.2 Å². The third-order valence-corrected chi connectivity index (χ3v) is 5.01. The second-order valence-electron chi connectivity index (χ2n) is 6.88. The van der Waals surface area contributed by atoms with Gasteiger partial charge in [-0.3, -0.25) is 9.59 Å². The van der Waals surface area contributed by atoms with Gasteiger partial charge in [0.05, 0.1) is 0 Å². The fraction of sp³-hybridized carbons (Fsp3) is 0.600. The second-order valence-corrected chi connectivity index (χ2v) is 6.88. The van der Waals surface area contributed by atoms with Crippen molar-refractivity contribution in [3.8, 4) is 11.5 Å². The first-order chi connectivity index (χ1) is 12.4. The lowest BCUT2D eigenvalue weighted by Gasteiger charge is -2.34. The van der Waals surface area contributed by atoms with Crippen molar-refractivity contribution in [2.24, 2.45) is 5.92 Å². The molecule has 6 heteroatoms. The smallest absolute Gasteiger partial charge is 0.260 e. The molecule has 0 aliphatic carbocycles. The van der Waals surface area contributed by atoms with Crippen LogP contribution >= 0.6 is 0 Å². The maximum Gasteiger partial charge on any atom is 0.260 e. The zero-order valence-corrected chi connectivity index (χ0v) is 15.9. The van der Waals surface area contributed by atoms with Crippen molar-refractivity contribution in [3.63, 3.8) is 0 Å². The van der Waals surface area contributed by atoms with E-state index >= 15 is 0 Å². The van der Waals surface area contributed by atoms with Crippen LogP contribution < -0.4 is 10.1 Å². The van der Waals surface area contributed by atoms with Crippen molar-refractivity contribution in [1.29, 1.82) is 0 Å². The third kappa shape index (κ3) is 5.38. The number of carbonyl (C=O) groups is 2. The summed E-state index contributed by atoms with van der Waals surface area (Å²) in [5.74, 6) is 0.881. The number of nitrogens with one attached hydrogen (secondary N) is 1. The van der Waals surface area contributed by atoms with Crippen LogP contribution in [0.5, 0.6) is 11.5 Å². The highest BCUT2D eigenvalue weighted by molar-refractivity contribution is 5.81. The Bertz CT molecular complexity index is 590. The summed E-state index contributed by atoms with van der Waals surface area (Å²) < 4.78 is 5.60. The minimum Gasteiger partial charge on any atom is -0.508 e. The standard InChI is InChI=1S/C20H30N2O4/c1-4-15(5-2)20(25)22-12-10-16(11-13-22)21-19(24)14(3)26-18-8-6-17(23)7-9-18/h6-9,14-16,23H,4-5,10-13H2,1-3H3,(H,21,24). The molecule has 1 aliphatic rings. The lowest BCUT2D eigenvalue weighted by Crippen LogP contribution is -2.50. The summed E-state index contributed by atoms with van der Waals surface area (Å²) in [6.07, 6.45) is 2.66. The van der Waals surface area contributed by atoms with E-state index in [0.717, 1.165) is 25.7 Å². The predicted octanol–water partition coefficient (Wildman–Crippen LogP) is 2.70. The lowest BCUT2D eigenvalue weighted by molar-refractivity contribution is -0.137. The number of benzene rings is 1. The summed E-state index contributed by atoms with van der Waals surface area (Å²) in [4.78, 5) is 26.7. The van der Waals surface area contributed by atoms with Gasteiger partial charge in [-0.1, -0.05) is 13.8 Å². The minimum atomic E-state index is -0.622. The molecule has 1 aromatic rings. The van der Waals surface area contributed by atoms with Gasteiger partial charge in [0.15, 0.2) is 6.10 Å². The van der Waals surface area contributed by atoms with Crippen LogP contribution in [0, 0.1) is 5.92 Å². The van der Waals surface area contributed by atoms with E-state index in [0.29, 0.717) is 18.8 Å². The van der Waals surface area contributed by atoms with Crippen LogP contribution in [0.3, 0.4) is 0 Å². The predicted molar refractivity (Wildman–Crippen MR) is 100 cm³/mol. The van der Waals surface area contributed by atoms with Gasteiger partial charge in [0.1, 0.15) is 11.5 Å². The number of hydrogen-bond acceptors (Lipinski definition) is 4. The van der Waals surface area contributed by atoms with Gasteiger partial charge < -0.3 is 20.1 Å². The summed E-state index contributed by atoms with van der Waals surface area (Å²) >= 11 is 0. The van der Waals surface area contributed by atoms with Crippen LogP contribution in [-0.4, -0.2) is 47.1 Å². The van der Waals surface area contributed by atoms with E-state index in [1.54, 1.807) is 19.1 Å². The Kier molecular flexibility index (Phi) is 7.30. The topological polar surface area (TPSA) is 78.9 Å². The molecule has 144 valence electrons. The summed E-state index contributed by atoms with van der Waals surface area (Å²) in [5, 5.41) is 12.3. The van der Waals surface area contributed by atoms with Crippen molar-refractivity contribution >= 4 is 11.8 Å². The van der Waals surface area contributed by atoms with E-state index in [1.807, 2.05) is 4.90 Å². The van der Waals surface area contributed by atoms with Crippen LogP contribution in [0.1, 0.15) is 46.5 Å². The van der Waals surface area contributed by atoms with E-state index in [4.69, 9.17) is 4.74 Å². The molecule has 0 bridgehead atoms. The average molecular weight is 362 g/mol. The van der Waals surface area contributed by atoms with Gasteiger partial charge in [0, 0.05) is 25.0 Å². The van der Waals surface area contributed by atoms with E-state index in [9.17, 15) is 14.7 Å². The van der Waals surface area contributed by atoms with E-state index in [-0.39, 0.29) is 29.5 Å². The number of rotatable bonds is 7.